The highest BCUT2D eigenvalue weighted by molar-refractivity contribution is 6.07. The van der Waals surface area contributed by atoms with Crippen LogP contribution in [0.25, 0.3) is 0 Å². The summed E-state index contributed by atoms with van der Waals surface area (Å²) in [5.41, 5.74) is 3.81. The Balaban J connectivity index is 1.54. The van der Waals surface area contributed by atoms with E-state index in [0.29, 0.717) is 0 Å². The van der Waals surface area contributed by atoms with Crippen LogP contribution in [0.4, 0.5) is 5.69 Å². The standard InChI is InChI=1S/C25H22N2O3/c1-17-10-8-9-15-20(17)22-21-23(30-27(22)19-13-6-3-7-14-19)25(29)26(24(21)28)16-18-11-4-2-5-12-18/h2-15,21-23H,16H2,1H3/t21-,22-,23-/m1/s1. The molecule has 0 bridgehead atoms. The van der Waals surface area contributed by atoms with Crippen molar-refractivity contribution < 1.29 is 14.4 Å². The van der Waals surface area contributed by atoms with E-state index in [2.05, 4.69) is 0 Å². The number of amides is 2. The van der Waals surface area contributed by atoms with Gasteiger partial charge in [0.2, 0.25) is 5.91 Å². The van der Waals surface area contributed by atoms with E-state index in [9.17, 15) is 9.59 Å². The first-order chi connectivity index (χ1) is 14.6. The summed E-state index contributed by atoms with van der Waals surface area (Å²) >= 11 is 0. The third-order valence-corrected chi connectivity index (χ3v) is 5.91. The number of carbonyl (C=O) groups is 2. The molecule has 0 unspecified atom stereocenters. The molecule has 0 spiro atoms. The van der Waals surface area contributed by atoms with E-state index in [1.807, 2.05) is 91.9 Å². The van der Waals surface area contributed by atoms with Gasteiger partial charge in [0.1, 0.15) is 5.92 Å². The van der Waals surface area contributed by atoms with Crippen LogP contribution < -0.4 is 5.06 Å². The van der Waals surface area contributed by atoms with E-state index >= 15 is 0 Å². The minimum atomic E-state index is -0.814. The van der Waals surface area contributed by atoms with Crippen molar-refractivity contribution in [2.24, 2.45) is 5.92 Å². The van der Waals surface area contributed by atoms with Crippen LogP contribution in [0.2, 0.25) is 0 Å². The number of carbonyl (C=O) groups excluding carboxylic acids is 2. The number of benzene rings is 3. The average Bonchev–Trinajstić information content (AvgIpc) is 3.27. The van der Waals surface area contributed by atoms with Gasteiger partial charge in [0.25, 0.3) is 5.91 Å². The molecule has 0 aromatic heterocycles. The van der Waals surface area contributed by atoms with Gasteiger partial charge >= 0.3 is 0 Å². The molecule has 0 saturated carbocycles. The quantitative estimate of drug-likeness (QED) is 0.623. The summed E-state index contributed by atoms with van der Waals surface area (Å²) in [5.74, 6) is -1.03. The number of aryl methyl sites for hydroxylation is 1. The number of hydrogen-bond donors (Lipinski definition) is 0. The third-order valence-electron chi connectivity index (χ3n) is 5.91. The number of anilines is 1. The number of fused-ring (bicyclic) bond motifs is 1. The molecule has 5 nitrogen and oxygen atoms in total. The molecular weight excluding hydrogens is 376 g/mol. The van der Waals surface area contributed by atoms with E-state index < -0.39 is 12.0 Å². The highest BCUT2D eigenvalue weighted by Gasteiger charge is 2.59. The number of likely N-dealkylation sites (tertiary alicyclic amines) is 1. The van der Waals surface area contributed by atoms with Crippen LogP contribution in [0, 0.1) is 12.8 Å². The fourth-order valence-corrected chi connectivity index (χ4v) is 4.43. The van der Waals surface area contributed by atoms with Crippen molar-refractivity contribution in [1.82, 2.24) is 4.90 Å². The van der Waals surface area contributed by atoms with Crippen LogP contribution in [0.15, 0.2) is 84.9 Å². The predicted octanol–water partition coefficient (Wildman–Crippen LogP) is 4.04. The molecule has 2 saturated heterocycles. The van der Waals surface area contributed by atoms with Crippen molar-refractivity contribution in [3.8, 4) is 0 Å². The van der Waals surface area contributed by atoms with Gasteiger partial charge in [-0.2, -0.15) is 0 Å². The SMILES string of the molecule is Cc1ccccc1[C@@H]1[C@H]2C(=O)N(Cc3ccccc3)C(=O)[C@@H]2ON1c1ccccc1. The Hall–Kier alpha value is -3.44. The second-order valence-electron chi connectivity index (χ2n) is 7.76. The van der Waals surface area contributed by atoms with Gasteiger partial charge in [-0.1, -0.05) is 72.8 Å². The number of imide groups is 1. The maximum atomic E-state index is 13.5. The highest BCUT2D eigenvalue weighted by atomic mass is 16.7. The second kappa shape index (κ2) is 7.43. The average molecular weight is 398 g/mol. The van der Waals surface area contributed by atoms with Crippen LogP contribution in [0.5, 0.6) is 0 Å². The zero-order chi connectivity index (χ0) is 20.7. The number of para-hydroxylation sites is 1. The molecule has 30 heavy (non-hydrogen) atoms. The summed E-state index contributed by atoms with van der Waals surface area (Å²) in [6.07, 6.45) is -0.814. The molecule has 0 N–H and O–H groups in total. The summed E-state index contributed by atoms with van der Waals surface area (Å²) in [6, 6.07) is 26.8. The van der Waals surface area contributed by atoms with E-state index in [0.717, 1.165) is 22.4 Å². The maximum absolute atomic E-state index is 13.5. The Morgan fingerprint density at radius 2 is 1.43 bits per heavy atom. The first kappa shape index (κ1) is 18.6. The van der Waals surface area contributed by atoms with E-state index in [1.165, 1.54) is 4.90 Å². The Morgan fingerprint density at radius 1 is 0.800 bits per heavy atom. The lowest BCUT2D eigenvalue weighted by Crippen LogP contribution is -2.37. The molecule has 5 rings (SSSR count). The molecule has 3 aromatic rings. The van der Waals surface area contributed by atoms with Gasteiger partial charge in [0.15, 0.2) is 6.10 Å². The van der Waals surface area contributed by atoms with Crippen LogP contribution in [0.1, 0.15) is 22.7 Å². The van der Waals surface area contributed by atoms with Crippen molar-refractivity contribution in [2.45, 2.75) is 25.6 Å². The number of hydroxylamine groups is 1. The molecule has 2 aliphatic heterocycles. The van der Waals surface area contributed by atoms with E-state index in [1.54, 1.807) is 5.06 Å². The van der Waals surface area contributed by atoms with Crippen molar-refractivity contribution >= 4 is 17.5 Å². The van der Waals surface area contributed by atoms with Crippen molar-refractivity contribution in [2.75, 3.05) is 5.06 Å². The normalized spacial score (nSPS) is 23.2. The Morgan fingerprint density at radius 3 is 2.13 bits per heavy atom. The molecule has 2 heterocycles. The Labute approximate surface area is 175 Å². The number of nitrogens with zero attached hydrogens (tertiary/aromatic N) is 2. The zero-order valence-corrected chi connectivity index (χ0v) is 16.6. The molecule has 0 radical (unpaired) electrons. The minimum absolute atomic E-state index is 0.180. The summed E-state index contributed by atoms with van der Waals surface area (Å²) in [6.45, 7) is 2.29. The summed E-state index contributed by atoms with van der Waals surface area (Å²) < 4.78 is 0. The zero-order valence-electron chi connectivity index (χ0n) is 16.6. The molecule has 3 aromatic carbocycles. The van der Waals surface area contributed by atoms with Crippen molar-refractivity contribution in [3.63, 3.8) is 0 Å². The van der Waals surface area contributed by atoms with Crippen LogP contribution >= 0.6 is 0 Å². The topological polar surface area (TPSA) is 49.9 Å². The summed E-state index contributed by atoms with van der Waals surface area (Å²) in [4.78, 5) is 34.2. The monoisotopic (exact) mass is 398 g/mol. The van der Waals surface area contributed by atoms with Gasteiger partial charge in [-0.05, 0) is 35.7 Å². The molecule has 150 valence electrons. The Bertz CT molecular complexity index is 1080. The van der Waals surface area contributed by atoms with Crippen molar-refractivity contribution in [1.29, 1.82) is 0 Å². The van der Waals surface area contributed by atoms with E-state index in [-0.39, 0.29) is 24.4 Å². The lowest BCUT2D eigenvalue weighted by Gasteiger charge is -2.29. The maximum Gasteiger partial charge on any atom is 0.262 e. The molecular formula is C25H22N2O3. The van der Waals surface area contributed by atoms with Gasteiger partial charge < -0.3 is 0 Å². The van der Waals surface area contributed by atoms with Crippen LogP contribution in [0.3, 0.4) is 0 Å². The van der Waals surface area contributed by atoms with Gasteiger partial charge in [-0.3, -0.25) is 19.3 Å². The third kappa shape index (κ3) is 2.99. The molecule has 2 aliphatic rings. The minimum Gasteiger partial charge on any atom is -0.275 e. The fraction of sp³-hybridized carbons (Fsp3) is 0.200. The predicted molar refractivity (Wildman–Crippen MR) is 113 cm³/mol. The largest absolute Gasteiger partial charge is 0.275 e. The first-order valence-electron chi connectivity index (χ1n) is 10.1. The lowest BCUT2D eigenvalue weighted by atomic mass is 9.88. The molecule has 2 amide bonds. The Kier molecular flexibility index (Phi) is 4.60. The molecule has 2 fully saturated rings. The van der Waals surface area contributed by atoms with Gasteiger partial charge in [0.05, 0.1) is 18.3 Å². The fourth-order valence-electron chi connectivity index (χ4n) is 4.43. The van der Waals surface area contributed by atoms with Crippen LogP contribution in [-0.2, 0) is 21.0 Å². The van der Waals surface area contributed by atoms with Gasteiger partial charge in [-0.15, -0.1) is 0 Å². The van der Waals surface area contributed by atoms with Crippen LogP contribution in [-0.4, -0.2) is 22.8 Å². The van der Waals surface area contributed by atoms with Crippen molar-refractivity contribution in [3.05, 3.63) is 102 Å². The lowest BCUT2D eigenvalue weighted by molar-refractivity contribution is -0.143. The smallest absolute Gasteiger partial charge is 0.262 e. The number of rotatable bonds is 4. The summed E-state index contributed by atoms with van der Waals surface area (Å²) in [7, 11) is 0. The molecule has 0 aliphatic carbocycles. The highest BCUT2D eigenvalue weighted by Crippen LogP contribution is 2.47. The summed E-state index contributed by atoms with van der Waals surface area (Å²) in [5, 5.41) is 1.74. The second-order valence-corrected chi connectivity index (χ2v) is 7.76. The first-order valence-corrected chi connectivity index (χ1v) is 10.1. The van der Waals surface area contributed by atoms with E-state index in [4.69, 9.17) is 4.84 Å². The number of hydrogen-bond acceptors (Lipinski definition) is 4. The molecule has 5 heteroatoms. The molecule has 3 atom stereocenters. The van der Waals surface area contributed by atoms with Gasteiger partial charge in [0, 0.05) is 0 Å². The van der Waals surface area contributed by atoms with Gasteiger partial charge in [-0.25, -0.2) is 5.06 Å².